The summed E-state index contributed by atoms with van der Waals surface area (Å²) >= 11 is 0. The number of carbonyl (C=O) groups is 1. The maximum Gasteiger partial charge on any atom is 0.343 e. The van der Waals surface area contributed by atoms with Crippen molar-refractivity contribution in [3.63, 3.8) is 0 Å². The Morgan fingerprint density at radius 1 is 1.06 bits per heavy atom. The third kappa shape index (κ3) is 2.67. The molecule has 0 atom stereocenters. The van der Waals surface area contributed by atoms with E-state index >= 15 is 0 Å². The lowest BCUT2D eigenvalue weighted by molar-refractivity contribution is 0.0598. The number of ether oxygens (including phenoxy) is 2. The first-order valence-electron chi connectivity index (χ1n) is 5.57. The quantitative estimate of drug-likeness (QED) is 0.762. The second-order valence-corrected chi connectivity index (χ2v) is 4.32. The van der Waals surface area contributed by atoms with Crippen LogP contribution in [-0.4, -0.2) is 48.4 Å². The van der Waals surface area contributed by atoms with Crippen molar-refractivity contribution >= 4 is 17.3 Å². The Morgan fingerprint density at radius 3 is 2.06 bits per heavy atom. The molecule has 0 unspecified atom stereocenters. The van der Waals surface area contributed by atoms with Gasteiger partial charge in [0, 0.05) is 39.9 Å². The predicted molar refractivity (Wildman–Crippen MR) is 73.0 cm³/mol. The van der Waals surface area contributed by atoms with Crippen LogP contribution in [0.15, 0.2) is 12.1 Å². The molecule has 1 aromatic carbocycles. The van der Waals surface area contributed by atoms with Crippen molar-refractivity contribution in [2.24, 2.45) is 0 Å². The van der Waals surface area contributed by atoms with E-state index in [-0.39, 0.29) is 0 Å². The van der Waals surface area contributed by atoms with Gasteiger partial charge < -0.3 is 19.3 Å². The van der Waals surface area contributed by atoms with Gasteiger partial charge in [-0.3, -0.25) is 0 Å². The molecule has 5 nitrogen and oxygen atoms in total. The Hall–Kier alpha value is -1.91. The number of esters is 1. The summed E-state index contributed by atoms with van der Waals surface area (Å²) < 4.78 is 10.1. The van der Waals surface area contributed by atoms with Crippen LogP contribution in [0.25, 0.3) is 0 Å². The topological polar surface area (TPSA) is 42.0 Å². The van der Waals surface area contributed by atoms with Gasteiger partial charge in [-0.25, -0.2) is 4.79 Å². The Balaban J connectivity index is 3.51. The molecule has 0 fully saturated rings. The highest BCUT2D eigenvalue weighted by Gasteiger charge is 2.21. The Kier molecular flexibility index (Phi) is 4.42. The van der Waals surface area contributed by atoms with E-state index in [0.717, 1.165) is 11.4 Å². The van der Waals surface area contributed by atoms with E-state index < -0.39 is 5.97 Å². The van der Waals surface area contributed by atoms with Crippen LogP contribution in [0.5, 0.6) is 5.75 Å². The summed E-state index contributed by atoms with van der Waals surface area (Å²) in [6.45, 7) is 0. The van der Waals surface area contributed by atoms with Gasteiger partial charge in [0.25, 0.3) is 0 Å². The molecule has 0 N–H and O–H groups in total. The number of rotatable bonds is 4. The minimum absolute atomic E-state index is 0.402. The van der Waals surface area contributed by atoms with Crippen molar-refractivity contribution in [3.8, 4) is 5.75 Å². The number of nitrogens with zero attached hydrogens (tertiary/aromatic N) is 2. The average molecular weight is 252 g/mol. The third-order valence-electron chi connectivity index (χ3n) is 2.67. The second-order valence-electron chi connectivity index (χ2n) is 4.32. The van der Waals surface area contributed by atoms with Crippen LogP contribution in [-0.2, 0) is 4.74 Å². The van der Waals surface area contributed by atoms with Crippen LogP contribution in [0, 0.1) is 0 Å². The van der Waals surface area contributed by atoms with E-state index in [0.29, 0.717) is 11.3 Å². The van der Waals surface area contributed by atoms with Gasteiger partial charge in [-0.1, -0.05) is 0 Å². The van der Waals surface area contributed by atoms with Crippen molar-refractivity contribution in [1.82, 2.24) is 0 Å². The summed E-state index contributed by atoms with van der Waals surface area (Å²) in [5, 5.41) is 0. The number of methoxy groups -OCH3 is 2. The van der Waals surface area contributed by atoms with Crippen LogP contribution in [0.1, 0.15) is 10.4 Å². The normalized spacial score (nSPS) is 9.89. The first-order chi connectivity index (χ1) is 8.42. The summed E-state index contributed by atoms with van der Waals surface area (Å²) in [7, 11) is 10.5. The zero-order valence-electron chi connectivity index (χ0n) is 11.8. The Bertz CT molecular complexity index is 442. The van der Waals surface area contributed by atoms with Crippen molar-refractivity contribution in [3.05, 3.63) is 17.7 Å². The molecule has 1 aromatic rings. The van der Waals surface area contributed by atoms with Crippen molar-refractivity contribution in [2.45, 2.75) is 0 Å². The molecule has 100 valence electrons. The molecule has 0 saturated heterocycles. The van der Waals surface area contributed by atoms with Crippen molar-refractivity contribution < 1.29 is 14.3 Å². The van der Waals surface area contributed by atoms with Gasteiger partial charge in [-0.15, -0.1) is 0 Å². The number of carbonyl (C=O) groups excluding carboxylic acids is 1. The minimum Gasteiger partial charge on any atom is -0.496 e. The van der Waals surface area contributed by atoms with E-state index in [9.17, 15) is 4.79 Å². The first-order valence-corrected chi connectivity index (χ1v) is 5.57. The number of benzene rings is 1. The molecule has 0 aliphatic heterocycles. The lowest BCUT2D eigenvalue weighted by atomic mass is 10.1. The maximum atomic E-state index is 11.9. The molecule has 0 aliphatic carbocycles. The largest absolute Gasteiger partial charge is 0.496 e. The summed E-state index contributed by atoms with van der Waals surface area (Å²) in [4.78, 5) is 15.7. The molecule has 0 aliphatic rings. The minimum atomic E-state index is -0.402. The fourth-order valence-corrected chi connectivity index (χ4v) is 1.67. The third-order valence-corrected chi connectivity index (χ3v) is 2.67. The van der Waals surface area contributed by atoms with E-state index in [1.54, 1.807) is 7.11 Å². The number of anilines is 2. The van der Waals surface area contributed by atoms with Gasteiger partial charge in [-0.05, 0) is 6.07 Å². The summed E-state index contributed by atoms with van der Waals surface area (Å²) in [5.74, 6) is 0.109. The number of hydrogen-bond donors (Lipinski definition) is 0. The SMILES string of the molecule is COC(=O)c1c(OC)cc(N(C)C)cc1N(C)C. The van der Waals surface area contributed by atoms with Crippen LogP contribution in [0.4, 0.5) is 11.4 Å². The lowest BCUT2D eigenvalue weighted by Crippen LogP contribution is -2.18. The molecule has 0 aromatic heterocycles. The molecule has 0 spiro atoms. The monoisotopic (exact) mass is 252 g/mol. The van der Waals surface area contributed by atoms with Crippen molar-refractivity contribution in [2.75, 3.05) is 52.2 Å². The van der Waals surface area contributed by atoms with Crippen LogP contribution in [0.3, 0.4) is 0 Å². The van der Waals surface area contributed by atoms with Gasteiger partial charge in [0.15, 0.2) is 0 Å². The maximum absolute atomic E-state index is 11.9. The fourth-order valence-electron chi connectivity index (χ4n) is 1.67. The Morgan fingerprint density at radius 2 is 1.67 bits per heavy atom. The van der Waals surface area contributed by atoms with Gasteiger partial charge in [0.05, 0.1) is 19.9 Å². The van der Waals surface area contributed by atoms with Gasteiger partial charge in [0.1, 0.15) is 11.3 Å². The van der Waals surface area contributed by atoms with Crippen LogP contribution in [0.2, 0.25) is 0 Å². The van der Waals surface area contributed by atoms with Gasteiger partial charge in [0.2, 0.25) is 0 Å². The predicted octanol–water partition coefficient (Wildman–Crippen LogP) is 1.61. The van der Waals surface area contributed by atoms with Crippen LogP contribution >= 0.6 is 0 Å². The molecule has 0 saturated carbocycles. The molecule has 0 amide bonds. The highest BCUT2D eigenvalue weighted by atomic mass is 16.5. The average Bonchev–Trinajstić information content (AvgIpc) is 2.35. The summed E-state index contributed by atoms with van der Waals surface area (Å²) in [5.41, 5.74) is 2.17. The van der Waals surface area contributed by atoms with E-state index in [1.807, 2.05) is 50.1 Å². The molecule has 0 heterocycles. The smallest absolute Gasteiger partial charge is 0.343 e. The van der Waals surface area contributed by atoms with E-state index in [1.165, 1.54) is 7.11 Å². The summed E-state index contributed by atoms with van der Waals surface area (Å²) in [6.07, 6.45) is 0. The molecular formula is C13H20N2O3. The fraction of sp³-hybridized carbons (Fsp3) is 0.462. The zero-order chi connectivity index (χ0) is 13.9. The lowest BCUT2D eigenvalue weighted by Gasteiger charge is -2.22. The standard InChI is InChI=1S/C13H20N2O3/c1-14(2)9-7-10(15(3)4)12(13(16)18-6)11(8-9)17-5/h7-8H,1-6H3. The van der Waals surface area contributed by atoms with Crippen LogP contribution < -0.4 is 14.5 Å². The Labute approximate surface area is 108 Å². The molecule has 1 rings (SSSR count). The summed E-state index contributed by atoms with van der Waals surface area (Å²) in [6, 6.07) is 3.74. The first kappa shape index (κ1) is 14.2. The molecule has 5 heteroatoms. The highest BCUT2D eigenvalue weighted by molar-refractivity contribution is 6.00. The van der Waals surface area contributed by atoms with Gasteiger partial charge >= 0.3 is 5.97 Å². The molecule has 0 radical (unpaired) electrons. The molecular weight excluding hydrogens is 232 g/mol. The van der Waals surface area contributed by atoms with E-state index in [4.69, 9.17) is 9.47 Å². The highest BCUT2D eigenvalue weighted by Crippen LogP contribution is 2.34. The second kappa shape index (κ2) is 5.62. The molecule has 18 heavy (non-hydrogen) atoms. The number of hydrogen-bond acceptors (Lipinski definition) is 5. The molecule has 0 bridgehead atoms. The van der Waals surface area contributed by atoms with Crippen molar-refractivity contribution in [1.29, 1.82) is 0 Å². The van der Waals surface area contributed by atoms with Gasteiger partial charge in [-0.2, -0.15) is 0 Å². The van der Waals surface area contributed by atoms with E-state index in [2.05, 4.69) is 0 Å². The zero-order valence-corrected chi connectivity index (χ0v) is 11.8.